The van der Waals surface area contributed by atoms with E-state index in [1.54, 1.807) is 7.11 Å². The monoisotopic (exact) mass is 293 g/mol. The number of nitrogens with two attached hydrogens (primary N) is 1. The first-order valence-electron chi connectivity index (χ1n) is 6.43. The maximum Gasteiger partial charge on any atom is 0.147 e. The molecule has 108 valence electrons. The van der Waals surface area contributed by atoms with Crippen LogP contribution in [0.25, 0.3) is 11.1 Å². The number of hydrogen-bond donors (Lipinski definition) is 3. The summed E-state index contributed by atoms with van der Waals surface area (Å²) in [7, 11) is 1.58. The van der Waals surface area contributed by atoms with Crippen LogP contribution < -0.4 is 11.1 Å². The lowest BCUT2D eigenvalue weighted by Gasteiger charge is -2.11. The molecule has 1 heterocycles. The third-order valence-electron chi connectivity index (χ3n) is 2.90. The van der Waals surface area contributed by atoms with Crippen molar-refractivity contribution in [3.8, 4) is 11.1 Å². The fourth-order valence-corrected chi connectivity index (χ4v) is 2.70. The van der Waals surface area contributed by atoms with E-state index in [0.717, 1.165) is 16.1 Å². The molecule has 0 amide bonds. The Hall–Kier alpha value is -1.63. The lowest BCUT2D eigenvalue weighted by molar-refractivity contribution is 0.0615. The van der Waals surface area contributed by atoms with Crippen molar-refractivity contribution < 1.29 is 9.84 Å². The Labute approximate surface area is 122 Å². The topological polar surface area (TPSA) is 80.4 Å². The zero-order valence-corrected chi connectivity index (χ0v) is 12.2. The van der Waals surface area contributed by atoms with Crippen molar-refractivity contribution in [2.75, 3.05) is 31.3 Å². The van der Waals surface area contributed by atoms with Gasteiger partial charge in [0, 0.05) is 13.7 Å². The highest BCUT2D eigenvalue weighted by molar-refractivity contribution is 7.11. The Morgan fingerprint density at radius 2 is 2.15 bits per heavy atom. The number of aromatic nitrogens is 1. The minimum Gasteiger partial charge on any atom is -0.391 e. The third kappa shape index (κ3) is 3.69. The van der Waals surface area contributed by atoms with Gasteiger partial charge in [0.2, 0.25) is 0 Å². The fourth-order valence-electron chi connectivity index (χ4n) is 1.93. The summed E-state index contributed by atoms with van der Waals surface area (Å²) in [6.07, 6.45) is 0.151. The van der Waals surface area contributed by atoms with E-state index in [1.165, 1.54) is 11.5 Å². The molecule has 1 aromatic heterocycles. The summed E-state index contributed by atoms with van der Waals surface area (Å²) in [6.45, 7) is 0.990. The molecule has 0 aliphatic carbocycles. The van der Waals surface area contributed by atoms with Crippen LogP contribution in [-0.4, -0.2) is 35.8 Å². The van der Waals surface area contributed by atoms with Crippen LogP contribution in [0.3, 0.4) is 0 Å². The molecule has 1 aromatic carbocycles. The molecule has 0 aliphatic heterocycles. The Balaban J connectivity index is 2.03. The van der Waals surface area contributed by atoms with Crippen molar-refractivity contribution in [1.82, 2.24) is 4.37 Å². The Morgan fingerprint density at radius 3 is 2.85 bits per heavy atom. The molecule has 0 saturated heterocycles. The van der Waals surface area contributed by atoms with Crippen LogP contribution >= 0.6 is 11.5 Å². The normalized spacial score (nSPS) is 12.3. The van der Waals surface area contributed by atoms with Gasteiger partial charge in [-0.1, -0.05) is 30.3 Å². The number of benzene rings is 1. The molecule has 0 bridgehead atoms. The van der Waals surface area contributed by atoms with Gasteiger partial charge in [-0.25, -0.2) is 0 Å². The highest BCUT2D eigenvalue weighted by atomic mass is 32.1. The van der Waals surface area contributed by atoms with Gasteiger partial charge in [0.15, 0.2) is 0 Å². The molecule has 4 N–H and O–H groups in total. The molecule has 1 atom stereocenters. The number of methoxy groups -OCH3 is 1. The Morgan fingerprint density at radius 1 is 1.40 bits per heavy atom. The summed E-state index contributed by atoms with van der Waals surface area (Å²) in [6, 6.07) is 9.92. The van der Waals surface area contributed by atoms with Crippen LogP contribution in [0.5, 0.6) is 0 Å². The average Bonchev–Trinajstić information content (AvgIpc) is 2.81. The standard InChI is InChI=1S/C14H19N3O2S/c1-19-9-11(18)7-8-16-14-12(13(15)17-20-14)10-5-3-2-4-6-10/h2-6,11,16,18H,7-9H2,1H3,(H2,15,17). The van der Waals surface area contributed by atoms with Crippen LogP contribution in [0.15, 0.2) is 30.3 Å². The van der Waals surface area contributed by atoms with Crippen LogP contribution in [0.1, 0.15) is 6.42 Å². The number of rotatable bonds is 7. The predicted molar refractivity (Wildman–Crippen MR) is 83.0 cm³/mol. The van der Waals surface area contributed by atoms with Gasteiger partial charge in [-0.15, -0.1) is 0 Å². The third-order valence-corrected chi connectivity index (χ3v) is 3.72. The molecule has 1 unspecified atom stereocenters. The minimum atomic E-state index is -0.460. The average molecular weight is 293 g/mol. The number of anilines is 2. The van der Waals surface area contributed by atoms with Crippen LogP contribution in [0.2, 0.25) is 0 Å². The Bertz CT molecular complexity index is 530. The molecule has 0 spiro atoms. The number of ether oxygens (including phenoxy) is 1. The minimum absolute atomic E-state index is 0.345. The zero-order valence-electron chi connectivity index (χ0n) is 11.4. The maximum absolute atomic E-state index is 9.62. The van der Waals surface area contributed by atoms with E-state index in [4.69, 9.17) is 10.5 Å². The van der Waals surface area contributed by atoms with Gasteiger partial charge in [0.25, 0.3) is 0 Å². The van der Waals surface area contributed by atoms with Gasteiger partial charge >= 0.3 is 0 Å². The smallest absolute Gasteiger partial charge is 0.147 e. The maximum atomic E-state index is 9.62. The number of aliphatic hydroxyl groups excluding tert-OH is 1. The first kappa shape index (κ1) is 14.8. The highest BCUT2D eigenvalue weighted by Crippen LogP contribution is 2.36. The van der Waals surface area contributed by atoms with Crippen molar-refractivity contribution in [2.24, 2.45) is 0 Å². The lowest BCUT2D eigenvalue weighted by atomic mass is 10.1. The van der Waals surface area contributed by atoms with Crippen molar-refractivity contribution in [1.29, 1.82) is 0 Å². The van der Waals surface area contributed by atoms with Gasteiger partial charge < -0.3 is 20.9 Å². The van der Waals surface area contributed by atoms with Crippen molar-refractivity contribution in [3.63, 3.8) is 0 Å². The molecule has 0 saturated carbocycles. The number of hydrogen-bond acceptors (Lipinski definition) is 6. The quantitative estimate of drug-likeness (QED) is 0.729. The van der Waals surface area contributed by atoms with E-state index in [0.29, 0.717) is 25.4 Å². The SMILES string of the molecule is COCC(O)CCNc1snc(N)c1-c1ccccc1. The zero-order chi connectivity index (χ0) is 14.4. The number of aliphatic hydroxyl groups is 1. The largest absolute Gasteiger partial charge is 0.391 e. The fraction of sp³-hybridized carbons (Fsp3) is 0.357. The number of nitrogens with zero attached hydrogens (tertiary/aromatic N) is 1. The molecular formula is C14H19N3O2S. The van der Waals surface area contributed by atoms with Gasteiger partial charge in [-0.05, 0) is 23.5 Å². The summed E-state index contributed by atoms with van der Waals surface area (Å²) in [5.41, 5.74) is 7.91. The molecule has 5 nitrogen and oxygen atoms in total. The van der Waals surface area contributed by atoms with Crippen LogP contribution in [0, 0.1) is 0 Å². The van der Waals surface area contributed by atoms with Gasteiger partial charge in [0.05, 0.1) is 18.3 Å². The van der Waals surface area contributed by atoms with E-state index < -0.39 is 6.10 Å². The first-order valence-corrected chi connectivity index (χ1v) is 7.21. The van der Waals surface area contributed by atoms with Crippen LogP contribution in [-0.2, 0) is 4.74 Å². The van der Waals surface area contributed by atoms with Gasteiger partial charge in [-0.2, -0.15) is 4.37 Å². The van der Waals surface area contributed by atoms with Crippen molar-refractivity contribution in [3.05, 3.63) is 30.3 Å². The first-order chi connectivity index (χ1) is 9.72. The second kappa shape index (κ2) is 7.23. The molecule has 0 radical (unpaired) electrons. The predicted octanol–water partition coefficient (Wildman–Crippen LogP) is 2.20. The van der Waals surface area contributed by atoms with E-state index in [9.17, 15) is 5.11 Å². The summed E-state index contributed by atoms with van der Waals surface area (Å²) >= 11 is 1.34. The van der Waals surface area contributed by atoms with E-state index in [2.05, 4.69) is 9.69 Å². The summed E-state index contributed by atoms with van der Waals surface area (Å²) in [5.74, 6) is 0.529. The second-order valence-corrected chi connectivity index (χ2v) is 5.24. The number of nitrogens with one attached hydrogen (secondary N) is 1. The number of nitrogen functional groups attached to an aromatic ring is 1. The molecule has 6 heteroatoms. The lowest BCUT2D eigenvalue weighted by Crippen LogP contribution is -2.18. The molecule has 20 heavy (non-hydrogen) atoms. The summed E-state index contributed by atoms with van der Waals surface area (Å²) in [5, 5.41) is 13.8. The summed E-state index contributed by atoms with van der Waals surface area (Å²) < 4.78 is 9.09. The molecule has 2 rings (SSSR count). The van der Waals surface area contributed by atoms with Gasteiger partial charge in [-0.3, -0.25) is 0 Å². The Kier molecular flexibility index (Phi) is 5.34. The molecule has 0 fully saturated rings. The summed E-state index contributed by atoms with van der Waals surface area (Å²) in [4.78, 5) is 0. The van der Waals surface area contributed by atoms with E-state index >= 15 is 0 Å². The molecule has 2 aromatic rings. The van der Waals surface area contributed by atoms with E-state index in [-0.39, 0.29) is 0 Å². The molecule has 0 aliphatic rings. The van der Waals surface area contributed by atoms with Crippen molar-refractivity contribution >= 4 is 22.4 Å². The van der Waals surface area contributed by atoms with Crippen LogP contribution in [0.4, 0.5) is 10.8 Å². The highest BCUT2D eigenvalue weighted by Gasteiger charge is 2.13. The van der Waals surface area contributed by atoms with E-state index in [1.807, 2.05) is 30.3 Å². The molecular weight excluding hydrogens is 274 g/mol. The van der Waals surface area contributed by atoms with Gasteiger partial charge in [0.1, 0.15) is 10.8 Å². The van der Waals surface area contributed by atoms with Crippen molar-refractivity contribution in [2.45, 2.75) is 12.5 Å². The second-order valence-electron chi connectivity index (χ2n) is 4.46.